The summed E-state index contributed by atoms with van der Waals surface area (Å²) in [5.74, 6) is -1.33. The van der Waals surface area contributed by atoms with E-state index >= 15 is 0 Å². The maximum absolute atomic E-state index is 12.6. The Morgan fingerprint density at radius 1 is 1.29 bits per heavy atom. The Morgan fingerprint density at radius 2 is 1.96 bits per heavy atom. The number of carboxylic acids is 1. The molecule has 1 rings (SSSR count). The molecule has 1 aromatic rings. The first-order valence-electron chi connectivity index (χ1n) is 7.35. The lowest BCUT2D eigenvalue weighted by atomic mass is 10.1. The SMILES string of the molecule is CCOc1cc([N+](=O)[O-])c(C(=O)N(CC)CCC(=O)O)cc1OC. The summed E-state index contributed by atoms with van der Waals surface area (Å²) < 4.78 is 10.4. The van der Waals surface area contributed by atoms with Crippen molar-refractivity contribution < 1.29 is 29.1 Å². The van der Waals surface area contributed by atoms with E-state index in [1.54, 1.807) is 13.8 Å². The van der Waals surface area contributed by atoms with Gasteiger partial charge in [0.15, 0.2) is 11.5 Å². The lowest BCUT2D eigenvalue weighted by Crippen LogP contribution is -2.33. The van der Waals surface area contributed by atoms with E-state index in [9.17, 15) is 19.7 Å². The highest BCUT2D eigenvalue weighted by molar-refractivity contribution is 5.99. The van der Waals surface area contributed by atoms with Crippen LogP contribution in [0.2, 0.25) is 0 Å². The molecule has 1 N–H and O–H groups in total. The zero-order valence-electron chi connectivity index (χ0n) is 13.8. The monoisotopic (exact) mass is 340 g/mol. The molecular formula is C15H20N2O7. The van der Waals surface area contributed by atoms with Gasteiger partial charge < -0.3 is 19.5 Å². The smallest absolute Gasteiger partial charge is 0.305 e. The van der Waals surface area contributed by atoms with E-state index in [0.29, 0.717) is 0 Å². The number of nitro benzene ring substituents is 1. The first-order chi connectivity index (χ1) is 11.3. The lowest BCUT2D eigenvalue weighted by Gasteiger charge is -2.20. The van der Waals surface area contributed by atoms with E-state index in [0.717, 1.165) is 6.07 Å². The van der Waals surface area contributed by atoms with Crippen LogP contribution in [-0.4, -0.2) is 53.6 Å². The molecule has 0 aliphatic rings. The van der Waals surface area contributed by atoms with E-state index in [2.05, 4.69) is 0 Å². The average Bonchev–Trinajstić information content (AvgIpc) is 2.54. The minimum atomic E-state index is -1.06. The number of ether oxygens (including phenoxy) is 2. The molecule has 0 heterocycles. The molecule has 0 aliphatic carbocycles. The topological polar surface area (TPSA) is 119 Å². The summed E-state index contributed by atoms with van der Waals surface area (Å²) in [5.41, 5.74) is -0.592. The molecule has 0 fully saturated rings. The van der Waals surface area contributed by atoms with Gasteiger partial charge in [-0.2, -0.15) is 0 Å². The van der Waals surface area contributed by atoms with E-state index in [1.165, 1.54) is 18.1 Å². The Kier molecular flexibility index (Phi) is 6.97. The zero-order valence-corrected chi connectivity index (χ0v) is 13.8. The summed E-state index contributed by atoms with van der Waals surface area (Å²) in [6.07, 6.45) is -0.248. The van der Waals surface area contributed by atoms with Crippen LogP contribution in [0.3, 0.4) is 0 Å². The summed E-state index contributed by atoms with van der Waals surface area (Å²) in [5, 5.41) is 20.1. The molecule has 0 radical (unpaired) electrons. The van der Waals surface area contributed by atoms with Gasteiger partial charge in [0.2, 0.25) is 0 Å². The number of benzene rings is 1. The first kappa shape index (κ1) is 19.2. The number of aliphatic carboxylic acids is 1. The third-order valence-electron chi connectivity index (χ3n) is 3.27. The molecule has 9 heteroatoms. The van der Waals surface area contributed by atoms with Crippen molar-refractivity contribution in [1.29, 1.82) is 0 Å². The molecule has 1 aromatic carbocycles. The normalized spacial score (nSPS) is 10.1. The summed E-state index contributed by atoms with van der Waals surface area (Å²) in [6.45, 7) is 3.84. The van der Waals surface area contributed by atoms with Gasteiger partial charge in [0, 0.05) is 19.2 Å². The Hall–Kier alpha value is -2.84. The van der Waals surface area contributed by atoms with Gasteiger partial charge in [-0.25, -0.2) is 0 Å². The van der Waals surface area contributed by atoms with Crippen LogP contribution in [0.1, 0.15) is 30.6 Å². The predicted octanol–water partition coefficient (Wildman–Crippen LogP) is 1.94. The molecule has 0 unspecified atom stereocenters. The summed E-state index contributed by atoms with van der Waals surface area (Å²) >= 11 is 0. The number of carboxylic acid groups (broad SMARTS) is 1. The summed E-state index contributed by atoms with van der Waals surface area (Å²) in [6, 6.07) is 2.38. The highest BCUT2D eigenvalue weighted by atomic mass is 16.6. The lowest BCUT2D eigenvalue weighted by molar-refractivity contribution is -0.385. The van der Waals surface area contributed by atoms with Crippen molar-refractivity contribution in [3.05, 3.63) is 27.8 Å². The van der Waals surface area contributed by atoms with Gasteiger partial charge in [0.1, 0.15) is 5.56 Å². The van der Waals surface area contributed by atoms with Crippen molar-refractivity contribution in [2.75, 3.05) is 26.8 Å². The average molecular weight is 340 g/mol. The standard InChI is InChI=1S/C15H20N2O7/c1-4-16(7-6-14(18)19)15(20)10-8-12(23-3)13(24-5-2)9-11(10)17(21)22/h8-9H,4-7H2,1-3H3,(H,18,19). The van der Waals surface area contributed by atoms with Crippen molar-refractivity contribution in [3.63, 3.8) is 0 Å². The minimum absolute atomic E-state index is 0.0443. The number of hydrogen-bond acceptors (Lipinski definition) is 6. The molecule has 1 amide bonds. The number of nitro groups is 1. The van der Waals surface area contributed by atoms with Crippen LogP contribution in [0, 0.1) is 10.1 Å². The highest BCUT2D eigenvalue weighted by Gasteiger charge is 2.27. The molecule has 132 valence electrons. The fraction of sp³-hybridized carbons (Fsp3) is 0.467. The van der Waals surface area contributed by atoms with Crippen LogP contribution in [-0.2, 0) is 4.79 Å². The van der Waals surface area contributed by atoms with Crippen molar-refractivity contribution in [1.82, 2.24) is 4.90 Å². The number of rotatable bonds is 9. The van der Waals surface area contributed by atoms with Gasteiger partial charge >= 0.3 is 5.97 Å². The van der Waals surface area contributed by atoms with Crippen LogP contribution in [0.25, 0.3) is 0 Å². The van der Waals surface area contributed by atoms with E-state index in [1.807, 2.05) is 0 Å². The molecule has 0 spiro atoms. The van der Waals surface area contributed by atoms with Crippen LogP contribution >= 0.6 is 0 Å². The number of carbonyl (C=O) groups excluding carboxylic acids is 1. The molecule has 0 saturated heterocycles. The summed E-state index contributed by atoms with van der Waals surface area (Å²) in [7, 11) is 1.36. The molecule has 9 nitrogen and oxygen atoms in total. The van der Waals surface area contributed by atoms with Crippen LogP contribution in [0.5, 0.6) is 11.5 Å². The number of carbonyl (C=O) groups is 2. The van der Waals surface area contributed by atoms with Gasteiger partial charge in [-0.05, 0) is 13.8 Å². The molecule has 0 atom stereocenters. The van der Waals surface area contributed by atoms with E-state index in [-0.39, 0.29) is 43.2 Å². The fourth-order valence-corrected chi connectivity index (χ4v) is 2.10. The largest absolute Gasteiger partial charge is 0.493 e. The van der Waals surface area contributed by atoms with Gasteiger partial charge in [-0.3, -0.25) is 19.7 Å². The van der Waals surface area contributed by atoms with Crippen molar-refractivity contribution >= 4 is 17.6 Å². The Balaban J connectivity index is 3.30. The zero-order chi connectivity index (χ0) is 18.3. The van der Waals surface area contributed by atoms with Gasteiger partial charge in [-0.1, -0.05) is 0 Å². The quantitative estimate of drug-likeness (QED) is 0.539. The minimum Gasteiger partial charge on any atom is -0.493 e. The molecule has 0 bridgehead atoms. The van der Waals surface area contributed by atoms with Gasteiger partial charge in [-0.15, -0.1) is 0 Å². The number of amides is 1. The maximum Gasteiger partial charge on any atom is 0.305 e. The number of nitrogens with zero attached hydrogens (tertiary/aromatic N) is 2. The number of methoxy groups -OCH3 is 1. The molecule has 0 saturated carbocycles. The number of hydrogen-bond donors (Lipinski definition) is 1. The van der Waals surface area contributed by atoms with Crippen LogP contribution in [0.4, 0.5) is 5.69 Å². The molecule has 0 aliphatic heterocycles. The first-order valence-corrected chi connectivity index (χ1v) is 7.35. The van der Waals surface area contributed by atoms with Crippen LogP contribution in [0.15, 0.2) is 12.1 Å². The second-order valence-corrected chi connectivity index (χ2v) is 4.74. The third kappa shape index (κ3) is 4.58. The van der Waals surface area contributed by atoms with Gasteiger partial charge in [0.25, 0.3) is 11.6 Å². The Labute approximate surface area is 138 Å². The van der Waals surface area contributed by atoms with Crippen LogP contribution < -0.4 is 9.47 Å². The predicted molar refractivity (Wildman–Crippen MR) is 84.6 cm³/mol. The summed E-state index contributed by atoms with van der Waals surface area (Å²) in [4.78, 5) is 35.1. The molecular weight excluding hydrogens is 320 g/mol. The van der Waals surface area contributed by atoms with Crippen molar-refractivity contribution in [2.45, 2.75) is 20.3 Å². The third-order valence-corrected chi connectivity index (χ3v) is 3.27. The van der Waals surface area contributed by atoms with Gasteiger partial charge in [0.05, 0.1) is 31.1 Å². The second-order valence-electron chi connectivity index (χ2n) is 4.74. The molecule has 24 heavy (non-hydrogen) atoms. The van der Waals surface area contributed by atoms with E-state index in [4.69, 9.17) is 14.6 Å². The fourth-order valence-electron chi connectivity index (χ4n) is 2.10. The Morgan fingerprint density at radius 3 is 2.42 bits per heavy atom. The van der Waals surface area contributed by atoms with Crippen molar-refractivity contribution in [2.24, 2.45) is 0 Å². The maximum atomic E-state index is 12.6. The highest BCUT2D eigenvalue weighted by Crippen LogP contribution is 2.35. The molecule has 0 aromatic heterocycles. The second kappa shape index (κ2) is 8.70. The Bertz CT molecular complexity index is 630. The van der Waals surface area contributed by atoms with Crippen molar-refractivity contribution in [3.8, 4) is 11.5 Å². The van der Waals surface area contributed by atoms with E-state index < -0.39 is 22.5 Å².